The van der Waals surface area contributed by atoms with Gasteiger partial charge in [-0.05, 0) is 30.0 Å². The summed E-state index contributed by atoms with van der Waals surface area (Å²) in [6, 6.07) is 4.43. The highest BCUT2D eigenvalue weighted by atomic mass is 19.4. The third-order valence-corrected chi connectivity index (χ3v) is 2.82. The number of carboxylic acid groups (broad SMARTS) is 1. The lowest BCUT2D eigenvalue weighted by atomic mass is 9.85. The van der Waals surface area contributed by atoms with Gasteiger partial charge in [0, 0.05) is 0 Å². The van der Waals surface area contributed by atoms with Gasteiger partial charge in [-0.2, -0.15) is 13.2 Å². The van der Waals surface area contributed by atoms with Crippen molar-refractivity contribution < 1.29 is 27.8 Å². The van der Waals surface area contributed by atoms with Crippen molar-refractivity contribution in [2.45, 2.75) is 33.4 Å². The van der Waals surface area contributed by atoms with Crippen molar-refractivity contribution in [1.82, 2.24) is 0 Å². The van der Waals surface area contributed by atoms with E-state index in [1.165, 1.54) is 12.1 Å². The normalized spacial score (nSPS) is 13.8. The Kier molecular flexibility index (Phi) is 5.25. The van der Waals surface area contributed by atoms with Crippen LogP contribution >= 0.6 is 0 Å². The summed E-state index contributed by atoms with van der Waals surface area (Å²) in [7, 11) is 0. The summed E-state index contributed by atoms with van der Waals surface area (Å²) in [4.78, 5) is 11.2. The second kappa shape index (κ2) is 6.37. The Morgan fingerprint density at radius 2 is 1.90 bits per heavy atom. The first-order valence-corrected chi connectivity index (χ1v) is 6.52. The molecule has 1 N–H and O–H groups in total. The molecular formula is C15H19F3O3. The molecule has 6 heteroatoms. The van der Waals surface area contributed by atoms with Gasteiger partial charge in [0.2, 0.25) is 0 Å². The van der Waals surface area contributed by atoms with Gasteiger partial charge in [-0.3, -0.25) is 4.79 Å². The minimum atomic E-state index is -4.45. The number of aliphatic carboxylic acids is 1. The maximum atomic E-state index is 12.6. The molecule has 1 unspecified atom stereocenters. The molecule has 0 radical (unpaired) electrons. The van der Waals surface area contributed by atoms with Gasteiger partial charge >= 0.3 is 12.1 Å². The molecule has 3 nitrogen and oxygen atoms in total. The Morgan fingerprint density at radius 3 is 2.38 bits per heavy atom. The fraction of sp³-hybridized carbons (Fsp3) is 0.533. The highest BCUT2D eigenvalue weighted by molar-refractivity contribution is 5.70. The summed E-state index contributed by atoms with van der Waals surface area (Å²) in [6.07, 6.45) is -4.07. The zero-order valence-electron chi connectivity index (χ0n) is 12.2. The summed E-state index contributed by atoms with van der Waals surface area (Å²) in [5, 5.41) is 9.14. The molecule has 1 aromatic rings. The molecule has 0 amide bonds. The van der Waals surface area contributed by atoms with Crippen LogP contribution in [0, 0.1) is 11.3 Å². The van der Waals surface area contributed by atoms with Crippen molar-refractivity contribution in [1.29, 1.82) is 0 Å². The summed E-state index contributed by atoms with van der Waals surface area (Å²) >= 11 is 0. The first-order chi connectivity index (χ1) is 9.49. The third kappa shape index (κ3) is 6.06. The third-order valence-electron chi connectivity index (χ3n) is 2.82. The number of benzene rings is 1. The minimum absolute atomic E-state index is 0.0185. The number of carboxylic acids is 1. The second-order valence-corrected chi connectivity index (χ2v) is 6.14. The Bertz CT molecular complexity index is 490. The predicted octanol–water partition coefficient (Wildman–Crippen LogP) is 4.22. The Hall–Kier alpha value is -1.72. The number of ether oxygens (including phenoxy) is 1. The number of hydrogen-bond acceptors (Lipinski definition) is 2. The maximum absolute atomic E-state index is 12.6. The summed E-state index contributed by atoms with van der Waals surface area (Å²) in [5.41, 5.74) is -1.03. The van der Waals surface area contributed by atoms with Crippen molar-refractivity contribution in [3.05, 3.63) is 29.8 Å². The van der Waals surface area contributed by atoms with Crippen LogP contribution in [0.25, 0.3) is 0 Å². The van der Waals surface area contributed by atoms with Gasteiger partial charge in [-0.15, -0.1) is 0 Å². The lowest BCUT2D eigenvalue weighted by Crippen LogP contribution is -2.26. The monoisotopic (exact) mass is 304 g/mol. The summed E-state index contributed by atoms with van der Waals surface area (Å²) in [5.74, 6) is -1.76. The molecule has 118 valence electrons. The fourth-order valence-electron chi connectivity index (χ4n) is 1.92. The number of halogens is 3. The predicted molar refractivity (Wildman–Crippen MR) is 72.1 cm³/mol. The van der Waals surface area contributed by atoms with E-state index in [2.05, 4.69) is 0 Å². The molecular weight excluding hydrogens is 285 g/mol. The summed E-state index contributed by atoms with van der Waals surface area (Å²) < 4.78 is 42.9. The van der Waals surface area contributed by atoms with Gasteiger partial charge in [0.25, 0.3) is 0 Å². The van der Waals surface area contributed by atoms with Crippen molar-refractivity contribution in [2.75, 3.05) is 6.61 Å². The van der Waals surface area contributed by atoms with Gasteiger partial charge in [0.1, 0.15) is 12.4 Å². The summed E-state index contributed by atoms with van der Waals surface area (Å²) in [6.45, 7) is 5.53. The van der Waals surface area contributed by atoms with E-state index in [9.17, 15) is 18.0 Å². The highest BCUT2D eigenvalue weighted by Gasteiger charge is 2.31. The van der Waals surface area contributed by atoms with E-state index < -0.39 is 23.6 Å². The van der Waals surface area contributed by atoms with E-state index in [1.807, 2.05) is 20.8 Å². The lowest BCUT2D eigenvalue weighted by molar-refractivity contribution is -0.144. The topological polar surface area (TPSA) is 46.5 Å². The van der Waals surface area contributed by atoms with Gasteiger partial charge in [-0.1, -0.05) is 26.8 Å². The van der Waals surface area contributed by atoms with E-state index >= 15 is 0 Å². The van der Waals surface area contributed by atoms with Crippen LogP contribution in [0.2, 0.25) is 0 Å². The van der Waals surface area contributed by atoms with Crippen LogP contribution in [0.1, 0.15) is 32.8 Å². The largest absolute Gasteiger partial charge is 0.493 e. The maximum Gasteiger partial charge on any atom is 0.416 e. The van der Waals surface area contributed by atoms with Crippen LogP contribution in [0.4, 0.5) is 13.2 Å². The van der Waals surface area contributed by atoms with Crippen LogP contribution in [0.15, 0.2) is 24.3 Å². The van der Waals surface area contributed by atoms with E-state index in [0.29, 0.717) is 6.42 Å². The van der Waals surface area contributed by atoms with Crippen molar-refractivity contribution in [3.63, 3.8) is 0 Å². The van der Waals surface area contributed by atoms with Crippen LogP contribution in [0.3, 0.4) is 0 Å². The minimum Gasteiger partial charge on any atom is -0.493 e. The van der Waals surface area contributed by atoms with Gasteiger partial charge in [-0.25, -0.2) is 0 Å². The molecule has 0 aliphatic carbocycles. The van der Waals surface area contributed by atoms with E-state index in [-0.39, 0.29) is 17.8 Å². The molecule has 0 aromatic heterocycles. The zero-order valence-corrected chi connectivity index (χ0v) is 12.2. The second-order valence-electron chi connectivity index (χ2n) is 6.14. The molecule has 1 rings (SSSR count). The molecule has 0 aliphatic heterocycles. The molecule has 0 saturated heterocycles. The molecule has 0 aliphatic rings. The van der Waals surface area contributed by atoms with Crippen molar-refractivity contribution >= 4 is 5.97 Å². The Labute approximate surface area is 121 Å². The average Bonchev–Trinajstić information content (AvgIpc) is 2.32. The number of hydrogen-bond donors (Lipinski definition) is 1. The molecule has 0 bridgehead atoms. The lowest BCUT2D eigenvalue weighted by Gasteiger charge is -2.23. The van der Waals surface area contributed by atoms with E-state index in [4.69, 9.17) is 9.84 Å². The Morgan fingerprint density at radius 1 is 1.29 bits per heavy atom. The average molecular weight is 304 g/mol. The molecule has 1 atom stereocenters. The molecule has 0 spiro atoms. The van der Waals surface area contributed by atoms with Crippen LogP contribution in [-0.2, 0) is 11.0 Å². The Balaban J connectivity index is 2.75. The fourth-order valence-corrected chi connectivity index (χ4v) is 1.92. The number of alkyl halides is 3. The molecule has 21 heavy (non-hydrogen) atoms. The van der Waals surface area contributed by atoms with E-state index in [0.717, 1.165) is 12.1 Å². The van der Waals surface area contributed by atoms with Crippen molar-refractivity contribution in [3.8, 4) is 5.75 Å². The number of carbonyl (C=O) groups is 1. The molecule has 0 fully saturated rings. The zero-order chi connectivity index (χ0) is 16.3. The van der Waals surface area contributed by atoms with Crippen LogP contribution in [-0.4, -0.2) is 17.7 Å². The molecule has 0 saturated carbocycles. The van der Waals surface area contributed by atoms with Crippen molar-refractivity contribution in [2.24, 2.45) is 11.3 Å². The van der Waals surface area contributed by atoms with Gasteiger partial charge in [0.15, 0.2) is 0 Å². The quantitative estimate of drug-likeness (QED) is 0.886. The van der Waals surface area contributed by atoms with Crippen LogP contribution in [0.5, 0.6) is 5.75 Å². The smallest absolute Gasteiger partial charge is 0.416 e. The van der Waals surface area contributed by atoms with E-state index in [1.54, 1.807) is 0 Å². The SMILES string of the molecule is CC(C)(C)CC(COc1cccc(C(F)(F)F)c1)C(=O)O. The standard InChI is InChI=1S/C15H19F3O3/c1-14(2,3)8-10(13(19)20)9-21-12-6-4-5-11(7-12)15(16,17)18/h4-7,10H,8-9H2,1-3H3,(H,19,20). The first-order valence-electron chi connectivity index (χ1n) is 6.52. The van der Waals surface area contributed by atoms with Crippen LogP contribution < -0.4 is 4.74 Å². The molecule has 1 aromatic carbocycles. The first kappa shape index (κ1) is 17.3. The number of rotatable bonds is 5. The van der Waals surface area contributed by atoms with Gasteiger partial charge in [0.05, 0.1) is 11.5 Å². The highest BCUT2D eigenvalue weighted by Crippen LogP contribution is 2.31. The molecule has 0 heterocycles. The van der Waals surface area contributed by atoms with Gasteiger partial charge < -0.3 is 9.84 Å².